The maximum Gasteiger partial charge on any atom is 0.107 e. The molecule has 0 saturated carbocycles. The van der Waals surface area contributed by atoms with E-state index in [0.717, 1.165) is 26.1 Å². The number of aromatic nitrogens is 3. The van der Waals surface area contributed by atoms with Gasteiger partial charge < -0.3 is 0 Å². The molecule has 4 rings (SSSR count). The number of aryl methyl sites for hydroxylation is 2. The van der Waals surface area contributed by atoms with Crippen molar-refractivity contribution in [3.05, 3.63) is 33.5 Å². The van der Waals surface area contributed by atoms with Crippen LogP contribution in [0.2, 0.25) is 0 Å². The molecule has 0 spiro atoms. The third-order valence-corrected chi connectivity index (χ3v) is 5.74. The van der Waals surface area contributed by atoms with Crippen LogP contribution in [0.4, 0.5) is 0 Å². The number of nitrogens with zero attached hydrogens (tertiary/aromatic N) is 5. The Kier molecular flexibility index (Phi) is 3.68. The average molecular weight is 313 g/mol. The first kappa shape index (κ1) is 13.9. The van der Waals surface area contributed by atoms with Crippen molar-refractivity contribution in [2.45, 2.75) is 44.7 Å². The molecule has 1 unspecified atom stereocenters. The van der Waals surface area contributed by atoms with Crippen molar-refractivity contribution in [1.82, 2.24) is 19.7 Å². The highest BCUT2D eigenvalue weighted by Gasteiger charge is 2.26. The molecule has 2 aromatic rings. The normalized spacial score (nSPS) is 21.7. The SMILES string of the molecule is N#Cc1cnn(C2CCN(Cc3nc4c(s3)CCCC4)C2)c1. The molecule has 6 heteroatoms. The minimum Gasteiger partial charge on any atom is -0.294 e. The quantitative estimate of drug-likeness (QED) is 0.874. The summed E-state index contributed by atoms with van der Waals surface area (Å²) in [4.78, 5) is 8.82. The van der Waals surface area contributed by atoms with Crippen molar-refractivity contribution in [3.8, 4) is 6.07 Å². The lowest BCUT2D eigenvalue weighted by atomic mass is 10.0. The second kappa shape index (κ2) is 5.82. The molecule has 0 amide bonds. The standard InChI is InChI=1S/C16H19N5S/c17-7-12-8-18-21(9-12)13-5-6-20(10-13)11-16-19-14-3-1-2-4-15(14)22-16/h8-9,13H,1-6,10-11H2. The predicted molar refractivity (Wildman–Crippen MR) is 84.6 cm³/mol. The lowest BCUT2D eigenvalue weighted by Crippen LogP contribution is -2.21. The Morgan fingerprint density at radius 2 is 2.27 bits per heavy atom. The van der Waals surface area contributed by atoms with Crippen molar-refractivity contribution < 1.29 is 0 Å². The van der Waals surface area contributed by atoms with E-state index in [9.17, 15) is 0 Å². The number of thiazole rings is 1. The van der Waals surface area contributed by atoms with Crippen LogP contribution < -0.4 is 0 Å². The fourth-order valence-corrected chi connectivity index (χ4v) is 4.63. The molecule has 0 bridgehead atoms. The Hall–Kier alpha value is -1.71. The molecule has 3 heterocycles. The van der Waals surface area contributed by atoms with Crippen LogP contribution in [-0.4, -0.2) is 32.8 Å². The van der Waals surface area contributed by atoms with Gasteiger partial charge in [0.25, 0.3) is 0 Å². The van der Waals surface area contributed by atoms with Crippen molar-refractivity contribution >= 4 is 11.3 Å². The van der Waals surface area contributed by atoms with Crippen molar-refractivity contribution in [2.24, 2.45) is 0 Å². The highest BCUT2D eigenvalue weighted by molar-refractivity contribution is 7.11. The Labute approximate surface area is 134 Å². The Bertz CT molecular complexity index is 687. The minimum absolute atomic E-state index is 0.386. The van der Waals surface area contributed by atoms with E-state index in [4.69, 9.17) is 10.2 Å². The third-order valence-electron chi connectivity index (χ3n) is 4.60. The lowest BCUT2D eigenvalue weighted by molar-refractivity contribution is 0.311. The van der Waals surface area contributed by atoms with E-state index < -0.39 is 0 Å². The van der Waals surface area contributed by atoms with Crippen LogP contribution in [-0.2, 0) is 19.4 Å². The van der Waals surface area contributed by atoms with Gasteiger partial charge in [-0.05, 0) is 32.1 Å². The van der Waals surface area contributed by atoms with Gasteiger partial charge in [-0.25, -0.2) is 4.98 Å². The molecule has 114 valence electrons. The largest absolute Gasteiger partial charge is 0.294 e. The van der Waals surface area contributed by atoms with E-state index >= 15 is 0 Å². The molecule has 22 heavy (non-hydrogen) atoms. The fourth-order valence-electron chi connectivity index (χ4n) is 3.43. The Morgan fingerprint density at radius 3 is 3.09 bits per heavy atom. The molecule has 1 aliphatic carbocycles. The second-order valence-electron chi connectivity index (χ2n) is 6.18. The van der Waals surface area contributed by atoms with Gasteiger partial charge in [0.05, 0.1) is 30.0 Å². The number of likely N-dealkylation sites (tertiary alicyclic amines) is 1. The predicted octanol–water partition coefficient (Wildman–Crippen LogP) is 2.54. The molecule has 5 nitrogen and oxygen atoms in total. The molecule has 0 N–H and O–H groups in total. The number of rotatable bonds is 3. The Balaban J connectivity index is 1.40. The molecule has 2 aromatic heterocycles. The molecule has 1 saturated heterocycles. The summed E-state index contributed by atoms with van der Waals surface area (Å²) >= 11 is 1.91. The first-order chi connectivity index (χ1) is 10.8. The van der Waals surface area contributed by atoms with Gasteiger partial charge in [-0.3, -0.25) is 9.58 Å². The maximum absolute atomic E-state index is 8.90. The summed E-state index contributed by atoms with van der Waals surface area (Å²) < 4.78 is 1.95. The van der Waals surface area contributed by atoms with Gasteiger partial charge in [0.1, 0.15) is 11.1 Å². The van der Waals surface area contributed by atoms with Gasteiger partial charge >= 0.3 is 0 Å². The van der Waals surface area contributed by atoms with E-state index in [1.807, 2.05) is 22.2 Å². The minimum atomic E-state index is 0.386. The van der Waals surface area contributed by atoms with Crippen molar-refractivity contribution in [3.63, 3.8) is 0 Å². The van der Waals surface area contributed by atoms with Crippen LogP contribution in [0.3, 0.4) is 0 Å². The van der Waals surface area contributed by atoms with Gasteiger partial charge in [0.15, 0.2) is 0 Å². The summed E-state index contributed by atoms with van der Waals surface area (Å²) in [6.07, 6.45) is 9.60. The smallest absolute Gasteiger partial charge is 0.107 e. The first-order valence-electron chi connectivity index (χ1n) is 7.96. The van der Waals surface area contributed by atoms with Gasteiger partial charge in [-0.1, -0.05) is 0 Å². The van der Waals surface area contributed by atoms with Crippen LogP contribution in [0, 0.1) is 11.3 Å². The zero-order valence-corrected chi connectivity index (χ0v) is 13.3. The molecular formula is C16H19N5S. The van der Waals surface area contributed by atoms with Crippen molar-refractivity contribution in [1.29, 1.82) is 5.26 Å². The summed E-state index contributed by atoms with van der Waals surface area (Å²) in [7, 11) is 0. The van der Waals surface area contributed by atoms with E-state index in [-0.39, 0.29) is 0 Å². The maximum atomic E-state index is 8.90. The van der Waals surface area contributed by atoms with E-state index in [2.05, 4.69) is 16.1 Å². The van der Waals surface area contributed by atoms with Gasteiger partial charge in [-0.15, -0.1) is 11.3 Å². The van der Waals surface area contributed by atoms with Crippen molar-refractivity contribution in [2.75, 3.05) is 13.1 Å². The average Bonchev–Trinajstić information content (AvgIpc) is 3.25. The van der Waals surface area contributed by atoms with Crippen LogP contribution in [0.15, 0.2) is 12.4 Å². The first-order valence-corrected chi connectivity index (χ1v) is 8.77. The fraction of sp³-hybridized carbons (Fsp3) is 0.562. The summed E-state index contributed by atoms with van der Waals surface area (Å²) in [5.74, 6) is 0. The molecule has 2 aliphatic rings. The summed E-state index contributed by atoms with van der Waals surface area (Å²) in [5, 5.41) is 14.5. The van der Waals surface area contributed by atoms with Crippen LogP contribution in [0.1, 0.15) is 46.4 Å². The number of hydrogen-bond donors (Lipinski definition) is 0. The molecule has 0 radical (unpaired) electrons. The van der Waals surface area contributed by atoms with Crippen LogP contribution >= 0.6 is 11.3 Å². The summed E-state index contributed by atoms with van der Waals surface area (Å²) in [6.45, 7) is 3.04. The van der Waals surface area contributed by atoms with Crippen LogP contribution in [0.5, 0.6) is 0 Å². The second-order valence-corrected chi connectivity index (χ2v) is 7.35. The number of hydrogen-bond acceptors (Lipinski definition) is 5. The van der Waals surface area contributed by atoms with Gasteiger partial charge in [-0.2, -0.15) is 10.4 Å². The Morgan fingerprint density at radius 1 is 1.36 bits per heavy atom. The highest BCUT2D eigenvalue weighted by atomic mass is 32.1. The van der Waals surface area contributed by atoms with Gasteiger partial charge in [0, 0.05) is 24.2 Å². The molecule has 1 aliphatic heterocycles. The summed E-state index contributed by atoms with van der Waals surface area (Å²) in [5.41, 5.74) is 2.00. The molecule has 0 aromatic carbocycles. The molecule has 1 fully saturated rings. The highest BCUT2D eigenvalue weighted by Crippen LogP contribution is 2.29. The molecule has 1 atom stereocenters. The van der Waals surface area contributed by atoms with Gasteiger partial charge in [0.2, 0.25) is 0 Å². The molecular weight excluding hydrogens is 294 g/mol. The zero-order chi connectivity index (χ0) is 14.9. The topological polar surface area (TPSA) is 57.7 Å². The number of nitriles is 1. The van der Waals surface area contributed by atoms with Crippen LogP contribution in [0.25, 0.3) is 0 Å². The number of fused-ring (bicyclic) bond motifs is 1. The van der Waals surface area contributed by atoms with E-state index in [1.165, 1.54) is 41.3 Å². The van der Waals surface area contributed by atoms with E-state index in [1.54, 1.807) is 6.20 Å². The van der Waals surface area contributed by atoms with E-state index in [0.29, 0.717) is 11.6 Å². The zero-order valence-electron chi connectivity index (χ0n) is 12.5. The lowest BCUT2D eigenvalue weighted by Gasteiger charge is -2.14. The third kappa shape index (κ3) is 2.67. The monoisotopic (exact) mass is 313 g/mol. The summed E-state index contributed by atoms with van der Waals surface area (Å²) in [6, 6.07) is 2.53.